The second-order valence-corrected chi connectivity index (χ2v) is 10.1. The van der Waals surface area contributed by atoms with Crippen LogP contribution in [0.3, 0.4) is 0 Å². The highest BCUT2D eigenvalue weighted by molar-refractivity contribution is 5.87. The highest BCUT2D eigenvalue weighted by Crippen LogP contribution is 2.44. The van der Waals surface area contributed by atoms with Crippen molar-refractivity contribution in [3.63, 3.8) is 0 Å². The minimum Gasteiger partial charge on any atom is -0.494 e. The summed E-state index contributed by atoms with van der Waals surface area (Å²) in [5, 5.41) is 0.525. The molecule has 2 aliphatic rings. The van der Waals surface area contributed by atoms with Crippen LogP contribution in [0, 0.1) is 18.2 Å². The van der Waals surface area contributed by atoms with Gasteiger partial charge in [0.15, 0.2) is 23.1 Å². The predicted molar refractivity (Wildman–Crippen MR) is 144 cm³/mol. The van der Waals surface area contributed by atoms with Crippen molar-refractivity contribution in [2.45, 2.75) is 37.3 Å². The van der Waals surface area contributed by atoms with E-state index in [0.717, 1.165) is 36.6 Å². The van der Waals surface area contributed by atoms with Crippen molar-refractivity contribution in [1.82, 2.24) is 14.5 Å². The zero-order chi connectivity index (χ0) is 28.0. The van der Waals surface area contributed by atoms with Crippen LogP contribution in [0.25, 0.3) is 38.1 Å². The monoisotopic (exact) mass is 544 g/mol. The van der Waals surface area contributed by atoms with Crippen molar-refractivity contribution in [2.24, 2.45) is 0 Å². The Kier molecular flexibility index (Phi) is 6.47. The molecule has 1 saturated carbocycles. The number of hydrogen-bond acceptors (Lipinski definition) is 6. The fourth-order valence-corrected chi connectivity index (χ4v) is 5.54. The lowest BCUT2D eigenvalue weighted by Gasteiger charge is -2.29. The second-order valence-electron chi connectivity index (χ2n) is 10.1. The number of fused-ring (bicyclic) bond motifs is 1. The van der Waals surface area contributed by atoms with E-state index in [2.05, 4.69) is 14.8 Å². The molecule has 1 aliphatic carbocycles. The predicted octanol–water partition coefficient (Wildman–Crippen LogP) is 5.68. The molecular weight excluding hydrogens is 518 g/mol. The van der Waals surface area contributed by atoms with Gasteiger partial charge in [0.05, 0.1) is 49.2 Å². The average Bonchev–Trinajstić information content (AvgIpc) is 3.48. The number of ether oxygens (including phenoxy) is 3. The summed E-state index contributed by atoms with van der Waals surface area (Å²) in [6.07, 6.45) is 6.45. The lowest BCUT2D eigenvalue weighted by atomic mass is 9.75. The molecule has 0 bridgehead atoms. The van der Waals surface area contributed by atoms with Crippen molar-refractivity contribution in [2.75, 3.05) is 27.4 Å². The van der Waals surface area contributed by atoms with Gasteiger partial charge < -0.3 is 23.6 Å². The van der Waals surface area contributed by atoms with E-state index in [-0.39, 0.29) is 29.7 Å². The van der Waals surface area contributed by atoms with Crippen molar-refractivity contribution < 1.29 is 23.0 Å². The molecule has 0 radical (unpaired) electrons. The molecule has 0 N–H and O–H groups in total. The molecule has 2 fully saturated rings. The molecule has 4 heterocycles. The Bertz CT molecular complexity index is 1690. The van der Waals surface area contributed by atoms with E-state index in [4.69, 9.17) is 20.8 Å². The molecule has 1 unspecified atom stereocenters. The summed E-state index contributed by atoms with van der Waals surface area (Å²) in [6, 6.07) is 7.74. The van der Waals surface area contributed by atoms with E-state index in [1.807, 2.05) is 12.1 Å². The first-order valence-electron chi connectivity index (χ1n) is 13.0. The topological polar surface area (TPSA) is 79.8 Å². The molecule has 1 saturated heterocycles. The largest absolute Gasteiger partial charge is 0.494 e. The summed E-state index contributed by atoms with van der Waals surface area (Å²) in [7, 11) is 2.52. The number of benzene rings is 1. The number of hydrogen-bond donors (Lipinski definition) is 0. The highest BCUT2D eigenvalue weighted by Gasteiger charge is 2.47. The Morgan fingerprint density at radius 1 is 1.07 bits per heavy atom. The zero-order valence-corrected chi connectivity index (χ0v) is 22.0. The second kappa shape index (κ2) is 9.99. The zero-order valence-electron chi connectivity index (χ0n) is 22.0. The SMILES string of the molecule is [C-]#[N+]C1(c2ccc(-c3cc4c(cn3)cc(-c3c(F)c(OC)cc(OC)c3F)c(=O)n4C3CCOC3)cn2)CCC1. The smallest absolute Gasteiger partial charge is 0.274 e. The van der Waals surface area contributed by atoms with Gasteiger partial charge in [0.2, 0.25) is 0 Å². The lowest BCUT2D eigenvalue weighted by Crippen LogP contribution is -2.31. The van der Waals surface area contributed by atoms with Crippen LogP contribution in [0.5, 0.6) is 11.5 Å². The van der Waals surface area contributed by atoms with Crippen molar-refractivity contribution in [3.05, 3.63) is 81.8 Å². The fraction of sp³-hybridized carbons (Fsp3) is 0.333. The molecule has 6 rings (SSSR count). The Labute approximate surface area is 229 Å². The maximum atomic E-state index is 15.4. The van der Waals surface area contributed by atoms with Gasteiger partial charge in [-0.1, -0.05) is 0 Å². The van der Waals surface area contributed by atoms with E-state index in [9.17, 15) is 4.79 Å². The minimum atomic E-state index is -0.995. The number of nitrogens with zero attached hydrogens (tertiary/aromatic N) is 4. The molecule has 3 aromatic heterocycles. The molecule has 1 aliphatic heterocycles. The van der Waals surface area contributed by atoms with Crippen molar-refractivity contribution in [1.29, 1.82) is 0 Å². The van der Waals surface area contributed by atoms with Crippen LogP contribution in [0.15, 0.2) is 47.5 Å². The molecule has 4 aromatic rings. The third-order valence-corrected chi connectivity index (χ3v) is 7.97. The quantitative estimate of drug-likeness (QED) is 0.291. The van der Waals surface area contributed by atoms with Gasteiger partial charge in [0, 0.05) is 48.9 Å². The van der Waals surface area contributed by atoms with Crippen LogP contribution in [0.1, 0.15) is 37.4 Å². The average molecular weight is 545 g/mol. The molecule has 204 valence electrons. The van der Waals surface area contributed by atoms with Crippen molar-refractivity contribution >= 4 is 10.9 Å². The van der Waals surface area contributed by atoms with Crippen LogP contribution < -0.4 is 15.0 Å². The lowest BCUT2D eigenvalue weighted by molar-refractivity contribution is 0.186. The van der Waals surface area contributed by atoms with Gasteiger partial charge in [-0.25, -0.2) is 15.4 Å². The van der Waals surface area contributed by atoms with E-state index in [0.29, 0.717) is 29.6 Å². The maximum absolute atomic E-state index is 15.4. The Balaban J connectivity index is 1.53. The van der Waals surface area contributed by atoms with E-state index in [1.54, 1.807) is 18.5 Å². The number of aromatic nitrogens is 3. The first-order valence-corrected chi connectivity index (χ1v) is 13.0. The number of rotatable bonds is 6. The summed E-state index contributed by atoms with van der Waals surface area (Å²) in [5.74, 6) is -2.47. The Morgan fingerprint density at radius 3 is 2.38 bits per heavy atom. The van der Waals surface area contributed by atoms with Gasteiger partial charge in [-0.05, 0) is 37.1 Å². The van der Waals surface area contributed by atoms with Crippen LogP contribution in [0.4, 0.5) is 8.78 Å². The summed E-state index contributed by atoms with van der Waals surface area (Å²) >= 11 is 0. The molecule has 0 amide bonds. The first kappa shape index (κ1) is 25.9. The third kappa shape index (κ3) is 4.00. The molecule has 10 heteroatoms. The van der Waals surface area contributed by atoms with E-state index in [1.165, 1.54) is 24.9 Å². The first-order chi connectivity index (χ1) is 19.4. The summed E-state index contributed by atoms with van der Waals surface area (Å²) in [4.78, 5) is 27.0. The molecule has 1 atom stereocenters. The fourth-order valence-electron chi connectivity index (χ4n) is 5.54. The van der Waals surface area contributed by atoms with E-state index >= 15 is 8.78 Å². The van der Waals surface area contributed by atoms with Gasteiger partial charge in [-0.2, -0.15) is 0 Å². The molecule has 0 spiro atoms. The number of halogens is 2. The summed E-state index contributed by atoms with van der Waals surface area (Å²) in [5.41, 5.74) is 0.823. The van der Waals surface area contributed by atoms with Crippen LogP contribution in [0.2, 0.25) is 0 Å². The van der Waals surface area contributed by atoms with Crippen LogP contribution in [-0.4, -0.2) is 42.0 Å². The van der Waals surface area contributed by atoms with Crippen molar-refractivity contribution in [3.8, 4) is 33.9 Å². The van der Waals surface area contributed by atoms with Gasteiger partial charge in [-0.3, -0.25) is 14.8 Å². The van der Waals surface area contributed by atoms with Crippen LogP contribution in [-0.2, 0) is 10.3 Å². The van der Waals surface area contributed by atoms with Gasteiger partial charge in [0.1, 0.15) is 5.69 Å². The normalized spacial score (nSPS) is 17.8. The number of methoxy groups -OCH3 is 2. The Morgan fingerprint density at radius 2 is 1.82 bits per heavy atom. The third-order valence-electron chi connectivity index (χ3n) is 7.97. The molecule has 8 nitrogen and oxygen atoms in total. The maximum Gasteiger partial charge on any atom is 0.274 e. The van der Waals surface area contributed by atoms with Crippen LogP contribution >= 0.6 is 0 Å². The highest BCUT2D eigenvalue weighted by atomic mass is 19.1. The van der Waals surface area contributed by atoms with Gasteiger partial charge in [-0.15, -0.1) is 0 Å². The van der Waals surface area contributed by atoms with Gasteiger partial charge in [0.25, 0.3) is 11.1 Å². The molecule has 1 aromatic carbocycles. The molecule has 40 heavy (non-hydrogen) atoms. The van der Waals surface area contributed by atoms with Gasteiger partial charge >= 0.3 is 0 Å². The summed E-state index contributed by atoms with van der Waals surface area (Å²) < 4.78 is 48.2. The molecular formula is C30H26F2N4O4. The summed E-state index contributed by atoms with van der Waals surface area (Å²) in [6.45, 7) is 8.35. The minimum absolute atomic E-state index is 0.169. The standard InChI is InChI=1S/C30H26F2N4O4/c1-33-30(8-4-9-30)25-6-5-17(14-35-25)21-12-22-18(15-34-21)11-20(29(37)36(22)19-7-10-40-16-19)26-27(31)23(38-2)13-24(39-3)28(26)32/h5-6,11-15,19H,4,7-10,16H2,2-3H3. The number of pyridine rings is 3. The van der Waals surface area contributed by atoms with E-state index < -0.39 is 28.3 Å². The Hall–Kier alpha value is -4.36.